The quantitative estimate of drug-likeness (QED) is 0.710. The average molecular weight is 359 g/mol. The summed E-state index contributed by atoms with van der Waals surface area (Å²) in [5.74, 6) is -0.457. The maximum Gasteiger partial charge on any atom is 0.258 e. The van der Waals surface area contributed by atoms with Crippen LogP contribution in [0.3, 0.4) is 0 Å². The Morgan fingerprint density at radius 2 is 1.67 bits per heavy atom. The second kappa shape index (κ2) is 7.16. The fourth-order valence-electron chi connectivity index (χ4n) is 3.77. The van der Waals surface area contributed by atoms with Crippen molar-refractivity contribution in [2.24, 2.45) is 0 Å². The van der Waals surface area contributed by atoms with Gasteiger partial charge in [0.25, 0.3) is 5.91 Å². The van der Waals surface area contributed by atoms with Crippen LogP contribution in [0.25, 0.3) is 11.1 Å². The zero-order valence-corrected chi connectivity index (χ0v) is 14.9. The third-order valence-electron chi connectivity index (χ3n) is 5.10. The number of nitrogens with zero attached hydrogens (tertiary/aromatic N) is 1. The first kappa shape index (κ1) is 17.2. The average Bonchev–Trinajstić information content (AvgIpc) is 3.18. The minimum Gasteiger partial charge on any atom is -0.508 e. The smallest absolute Gasteiger partial charge is 0.258 e. The molecule has 27 heavy (non-hydrogen) atoms. The number of carbonyl (C=O) groups excluding carboxylic acids is 1. The van der Waals surface area contributed by atoms with Gasteiger partial charge in [-0.05, 0) is 47.7 Å². The molecule has 3 aromatic rings. The number of phenolic OH excluding ortho intramolecular Hbond substituents is 2. The van der Waals surface area contributed by atoms with E-state index in [0.29, 0.717) is 6.54 Å². The van der Waals surface area contributed by atoms with Gasteiger partial charge in [-0.15, -0.1) is 0 Å². The summed E-state index contributed by atoms with van der Waals surface area (Å²) in [5, 5.41) is 19.5. The Hall–Kier alpha value is -3.27. The predicted octanol–water partition coefficient (Wildman–Crippen LogP) is 4.74. The molecule has 0 aromatic heterocycles. The molecule has 3 aromatic carbocycles. The van der Waals surface area contributed by atoms with Crippen molar-refractivity contribution in [1.82, 2.24) is 4.90 Å². The lowest BCUT2D eigenvalue weighted by Gasteiger charge is -2.26. The van der Waals surface area contributed by atoms with Crippen LogP contribution in [0.1, 0.15) is 34.8 Å². The van der Waals surface area contributed by atoms with Gasteiger partial charge in [-0.2, -0.15) is 0 Å². The predicted molar refractivity (Wildman–Crippen MR) is 105 cm³/mol. The minimum absolute atomic E-state index is 0.0191. The van der Waals surface area contributed by atoms with Crippen LogP contribution in [0.4, 0.5) is 0 Å². The largest absolute Gasteiger partial charge is 0.508 e. The van der Waals surface area contributed by atoms with E-state index in [1.807, 2.05) is 29.2 Å². The zero-order chi connectivity index (χ0) is 18.8. The SMILES string of the molecule is O=C(c1ccc(O)cc1O)N1CCCC1c1cccc(-c2ccccc2)c1. The Bertz CT molecular complexity index is 968. The number of benzene rings is 3. The summed E-state index contributed by atoms with van der Waals surface area (Å²) in [5.41, 5.74) is 3.59. The van der Waals surface area contributed by atoms with Crippen molar-refractivity contribution in [3.8, 4) is 22.6 Å². The Labute approximate surface area is 158 Å². The third kappa shape index (κ3) is 3.38. The summed E-state index contributed by atoms with van der Waals surface area (Å²) < 4.78 is 0. The highest BCUT2D eigenvalue weighted by Crippen LogP contribution is 2.36. The van der Waals surface area contributed by atoms with Crippen molar-refractivity contribution in [3.05, 3.63) is 83.9 Å². The maximum absolute atomic E-state index is 13.0. The van der Waals surface area contributed by atoms with E-state index in [-0.39, 0.29) is 29.0 Å². The topological polar surface area (TPSA) is 60.8 Å². The van der Waals surface area contributed by atoms with Crippen LogP contribution in [0.2, 0.25) is 0 Å². The van der Waals surface area contributed by atoms with Crippen molar-refractivity contribution >= 4 is 5.91 Å². The summed E-state index contributed by atoms with van der Waals surface area (Å²) in [7, 11) is 0. The Kier molecular flexibility index (Phi) is 4.55. The monoisotopic (exact) mass is 359 g/mol. The van der Waals surface area contributed by atoms with Crippen molar-refractivity contribution in [2.45, 2.75) is 18.9 Å². The van der Waals surface area contributed by atoms with Gasteiger partial charge in [0.05, 0.1) is 11.6 Å². The minimum atomic E-state index is -0.208. The van der Waals surface area contributed by atoms with Gasteiger partial charge in [0.1, 0.15) is 11.5 Å². The van der Waals surface area contributed by atoms with Crippen molar-refractivity contribution in [2.75, 3.05) is 6.54 Å². The van der Waals surface area contributed by atoms with Gasteiger partial charge < -0.3 is 15.1 Å². The van der Waals surface area contributed by atoms with Crippen LogP contribution in [-0.2, 0) is 0 Å². The molecule has 0 radical (unpaired) electrons. The second-order valence-electron chi connectivity index (χ2n) is 6.85. The number of amides is 1. The lowest BCUT2D eigenvalue weighted by molar-refractivity contribution is 0.0732. The van der Waals surface area contributed by atoms with Crippen LogP contribution in [-0.4, -0.2) is 27.6 Å². The third-order valence-corrected chi connectivity index (χ3v) is 5.10. The summed E-state index contributed by atoms with van der Waals surface area (Å²) in [6.07, 6.45) is 1.81. The zero-order valence-electron chi connectivity index (χ0n) is 14.9. The Balaban J connectivity index is 1.65. The fourth-order valence-corrected chi connectivity index (χ4v) is 3.77. The van der Waals surface area contributed by atoms with Crippen molar-refractivity contribution in [3.63, 3.8) is 0 Å². The van der Waals surface area contributed by atoms with Gasteiger partial charge in [-0.1, -0.05) is 48.5 Å². The molecule has 1 amide bonds. The van der Waals surface area contributed by atoms with Crippen LogP contribution >= 0.6 is 0 Å². The number of phenols is 2. The second-order valence-corrected chi connectivity index (χ2v) is 6.85. The highest BCUT2D eigenvalue weighted by Gasteiger charge is 2.31. The Morgan fingerprint density at radius 3 is 2.44 bits per heavy atom. The molecule has 0 saturated carbocycles. The number of rotatable bonds is 3. The van der Waals surface area contributed by atoms with Gasteiger partial charge in [-0.3, -0.25) is 4.79 Å². The van der Waals surface area contributed by atoms with Crippen LogP contribution in [0.15, 0.2) is 72.8 Å². The van der Waals surface area contributed by atoms with Crippen LogP contribution in [0.5, 0.6) is 11.5 Å². The molecule has 136 valence electrons. The van der Waals surface area contributed by atoms with Gasteiger partial charge in [0.15, 0.2) is 0 Å². The van der Waals surface area contributed by atoms with Gasteiger partial charge >= 0.3 is 0 Å². The summed E-state index contributed by atoms with van der Waals surface area (Å²) in [4.78, 5) is 14.8. The normalized spacial score (nSPS) is 16.4. The van der Waals surface area contributed by atoms with E-state index in [4.69, 9.17) is 0 Å². The van der Waals surface area contributed by atoms with Gasteiger partial charge in [0, 0.05) is 12.6 Å². The molecule has 1 saturated heterocycles. The molecule has 0 spiro atoms. The molecule has 1 atom stereocenters. The standard InChI is InChI=1S/C23H21NO3/c25-19-11-12-20(22(26)15-19)23(27)24-13-5-10-21(24)18-9-4-8-17(14-18)16-6-2-1-3-7-16/h1-4,6-9,11-12,14-15,21,25-26H,5,10,13H2. The van der Waals surface area contributed by atoms with E-state index in [9.17, 15) is 15.0 Å². The molecule has 1 unspecified atom stereocenters. The van der Waals surface area contributed by atoms with E-state index >= 15 is 0 Å². The van der Waals surface area contributed by atoms with E-state index in [0.717, 1.165) is 29.5 Å². The Morgan fingerprint density at radius 1 is 0.889 bits per heavy atom. The molecule has 2 N–H and O–H groups in total. The van der Waals surface area contributed by atoms with Gasteiger partial charge in [0.2, 0.25) is 0 Å². The number of likely N-dealkylation sites (tertiary alicyclic amines) is 1. The summed E-state index contributed by atoms with van der Waals surface area (Å²) in [6.45, 7) is 0.652. The number of aromatic hydroxyl groups is 2. The van der Waals surface area contributed by atoms with E-state index in [2.05, 4.69) is 30.3 Å². The molecule has 0 bridgehead atoms. The highest BCUT2D eigenvalue weighted by molar-refractivity contribution is 5.97. The van der Waals surface area contributed by atoms with E-state index in [1.54, 1.807) is 0 Å². The van der Waals surface area contributed by atoms with Crippen LogP contribution < -0.4 is 0 Å². The van der Waals surface area contributed by atoms with Crippen molar-refractivity contribution in [1.29, 1.82) is 0 Å². The summed E-state index contributed by atoms with van der Waals surface area (Å²) >= 11 is 0. The number of hydrogen-bond donors (Lipinski definition) is 2. The number of carbonyl (C=O) groups is 1. The first-order valence-electron chi connectivity index (χ1n) is 9.12. The van der Waals surface area contributed by atoms with Crippen molar-refractivity contribution < 1.29 is 15.0 Å². The molecule has 4 nitrogen and oxygen atoms in total. The fraction of sp³-hybridized carbons (Fsp3) is 0.174. The lowest BCUT2D eigenvalue weighted by Crippen LogP contribution is -2.30. The lowest BCUT2D eigenvalue weighted by atomic mass is 9.98. The molecule has 0 aliphatic carbocycles. The molecular weight excluding hydrogens is 338 g/mol. The number of hydrogen-bond acceptors (Lipinski definition) is 3. The first-order chi connectivity index (χ1) is 13.1. The summed E-state index contributed by atoms with van der Waals surface area (Å²) in [6, 6.07) is 22.6. The molecule has 4 rings (SSSR count). The molecule has 1 fully saturated rings. The van der Waals surface area contributed by atoms with Crippen LogP contribution in [0, 0.1) is 0 Å². The molecule has 1 heterocycles. The molecular formula is C23H21NO3. The van der Waals surface area contributed by atoms with E-state index < -0.39 is 0 Å². The highest BCUT2D eigenvalue weighted by atomic mass is 16.3. The molecule has 1 aliphatic rings. The maximum atomic E-state index is 13.0. The molecule has 1 aliphatic heterocycles. The first-order valence-corrected chi connectivity index (χ1v) is 9.12. The molecule has 4 heteroatoms. The van der Waals surface area contributed by atoms with Gasteiger partial charge in [-0.25, -0.2) is 0 Å². The van der Waals surface area contributed by atoms with E-state index in [1.165, 1.54) is 18.2 Å².